The number of carboxylic acid groups (broad SMARTS) is 1. The first-order valence-electron chi connectivity index (χ1n) is 7.08. The molecule has 1 unspecified atom stereocenters. The Morgan fingerprint density at radius 1 is 1.22 bits per heavy atom. The second-order valence-electron chi connectivity index (χ2n) is 5.31. The molecule has 0 amide bonds. The fourth-order valence-corrected chi connectivity index (χ4v) is 3.60. The SMILES string of the molecule is CC(Cc1ccccn1)NS(=O)(=O)Cc1ccc(C(=O)O)cc1. The summed E-state index contributed by atoms with van der Waals surface area (Å²) in [7, 11) is -3.51. The van der Waals surface area contributed by atoms with E-state index in [4.69, 9.17) is 5.11 Å². The van der Waals surface area contributed by atoms with Gasteiger partial charge in [-0.1, -0.05) is 18.2 Å². The molecule has 1 atom stereocenters. The third-order valence-corrected chi connectivity index (χ3v) is 4.65. The van der Waals surface area contributed by atoms with E-state index in [9.17, 15) is 13.2 Å². The van der Waals surface area contributed by atoms with Crippen molar-refractivity contribution < 1.29 is 18.3 Å². The van der Waals surface area contributed by atoms with Crippen LogP contribution in [0.4, 0.5) is 0 Å². The molecule has 0 saturated heterocycles. The maximum absolute atomic E-state index is 12.2. The third kappa shape index (κ3) is 5.46. The predicted octanol–water partition coefficient (Wildman–Crippen LogP) is 1.83. The highest BCUT2D eigenvalue weighted by Gasteiger charge is 2.16. The number of aromatic nitrogens is 1. The maximum atomic E-state index is 12.2. The minimum atomic E-state index is -3.51. The van der Waals surface area contributed by atoms with E-state index in [1.807, 2.05) is 12.1 Å². The zero-order valence-corrected chi connectivity index (χ0v) is 13.5. The standard InChI is InChI=1S/C16H18N2O4S/c1-12(10-15-4-2-3-9-17-15)18-23(21,22)11-13-5-7-14(8-6-13)16(19)20/h2-9,12,18H,10-11H2,1H3,(H,19,20). The molecular weight excluding hydrogens is 316 g/mol. The summed E-state index contributed by atoms with van der Waals surface area (Å²) in [5.41, 5.74) is 1.48. The zero-order chi connectivity index (χ0) is 16.9. The van der Waals surface area contributed by atoms with Crippen LogP contribution in [0.1, 0.15) is 28.5 Å². The highest BCUT2D eigenvalue weighted by molar-refractivity contribution is 7.88. The van der Waals surface area contributed by atoms with Gasteiger partial charge in [-0.2, -0.15) is 0 Å². The monoisotopic (exact) mass is 334 g/mol. The normalized spacial score (nSPS) is 12.7. The summed E-state index contributed by atoms with van der Waals surface area (Å²) in [4.78, 5) is 14.9. The van der Waals surface area contributed by atoms with Gasteiger partial charge < -0.3 is 5.11 Å². The molecule has 1 aromatic heterocycles. The Balaban J connectivity index is 1.97. The zero-order valence-electron chi connectivity index (χ0n) is 12.6. The number of pyridine rings is 1. The lowest BCUT2D eigenvalue weighted by atomic mass is 10.1. The molecule has 0 saturated carbocycles. The van der Waals surface area contributed by atoms with Gasteiger partial charge in [-0.05, 0) is 36.8 Å². The lowest BCUT2D eigenvalue weighted by Crippen LogP contribution is -2.35. The van der Waals surface area contributed by atoms with E-state index in [0.29, 0.717) is 12.0 Å². The largest absolute Gasteiger partial charge is 0.478 e. The number of aromatic carboxylic acids is 1. The molecule has 23 heavy (non-hydrogen) atoms. The molecule has 0 radical (unpaired) electrons. The summed E-state index contributed by atoms with van der Waals surface area (Å²) >= 11 is 0. The summed E-state index contributed by atoms with van der Waals surface area (Å²) < 4.78 is 26.9. The molecule has 0 bridgehead atoms. The summed E-state index contributed by atoms with van der Waals surface area (Å²) in [6, 6.07) is 11.0. The average molecular weight is 334 g/mol. The first-order valence-corrected chi connectivity index (χ1v) is 8.73. The quantitative estimate of drug-likeness (QED) is 0.805. The van der Waals surface area contributed by atoms with E-state index in [0.717, 1.165) is 5.69 Å². The van der Waals surface area contributed by atoms with Gasteiger partial charge in [0.15, 0.2) is 0 Å². The number of rotatable bonds is 7. The van der Waals surface area contributed by atoms with E-state index in [2.05, 4.69) is 9.71 Å². The fraction of sp³-hybridized carbons (Fsp3) is 0.250. The van der Waals surface area contributed by atoms with Crippen LogP contribution in [0.5, 0.6) is 0 Å². The topological polar surface area (TPSA) is 96.4 Å². The van der Waals surface area contributed by atoms with Gasteiger partial charge in [-0.25, -0.2) is 17.9 Å². The van der Waals surface area contributed by atoms with Crippen molar-refractivity contribution in [1.29, 1.82) is 0 Å². The van der Waals surface area contributed by atoms with Crippen LogP contribution in [0.25, 0.3) is 0 Å². The van der Waals surface area contributed by atoms with Gasteiger partial charge in [-0.15, -0.1) is 0 Å². The minimum Gasteiger partial charge on any atom is -0.478 e. The molecular formula is C16H18N2O4S. The van der Waals surface area contributed by atoms with Crippen LogP contribution in [-0.2, 0) is 22.2 Å². The van der Waals surface area contributed by atoms with Crippen LogP contribution in [-0.4, -0.2) is 30.5 Å². The first-order chi connectivity index (χ1) is 10.9. The van der Waals surface area contributed by atoms with Crippen LogP contribution in [0.15, 0.2) is 48.7 Å². The van der Waals surface area contributed by atoms with Gasteiger partial charge in [0.05, 0.1) is 11.3 Å². The Labute approximate surface area is 135 Å². The van der Waals surface area contributed by atoms with Gasteiger partial charge in [0.1, 0.15) is 0 Å². The van der Waals surface area contributed by atoms with E-state index in [1.54, 1.807) is 19.2 Å². The molecule has 2 N–H and O–H groups in total. The number of carboxylic acids is 1. The average Bonchev–Trinajstić information content (AvgIpc) is 2.47. The van der Waals surface area contributed by atoms with Crippen molar-refractivity contribution in [3.63, 3.8) is 0 Å². The molecule has 0 fully saturated rings. The van der Waals surface area contributed by atoms with E-state index in [1.165, 1.54) is 24.3 Å². The lowest BCUT2D eigenvalue weighted by molar-refractivity contribution is 0.0697. The Morgan fingerprint density at radius 2 is 1.91 bits per heavy atom. The summed E-state index contributed by atoms with van der Waals surface area (Å²) in [6.45, 7) is 1.78. The Morgan fingerprint density at radius 3 is 2.48 bits per heavy atom. The van der Waals surface area contributed by atoms with E-state index < -0.39 is 16.0 Å². The van der Waals surface area contributed by atoms with Crippen LogP contribution in [0, 0.1) is 0 Å². The minimum absolute atomic E-state index is 0.127. The summed E-state index contributed by atoms with van der Waals surface area (Å²) in [5, 5.41) is 8.83. The number of carbonyl (C=O) groups is 1. The van der Waals surface area contributed by atoms with Crippen LogP contribution in [0.3, 0.4) is 0 Å². The number of nitrogens with one attached hydrogen (secondary N) is 1. The molecule has 0 aliphatic heterocycles. The first kappa shape index (κ1) is 17.1. The predicted molar refractivity (Wildman–Crippen MR) is 86.6 cm³/mol. The van der Waals surface area contributed by atoms with Crippen molar-refractivity contribution in [2.75, 3.05) is 0 Å². The molecule has 1 aromatic carbocycles. The molecule has 2 aromatic rings. The van der Waals surface area contributed by atoms with Crippen molar-refractivity contribution in [2.24, 2.45) is 0 Å². The van der Waals surface area contributed by atoms with Crippen molar-refractivity contribution in [3.8, 4) is 0 Å². The highest BCUT2D eigenvalue weighted by Crippen LogP contribution is 2.09. The number of sulfonamides is 1. The van der Waals surface area contributed by atoms with Gasteiger partial charge in [0, 0.05) is 24.4 Å². The maximum Gasteiger partial charge on any atom is 0.335 e. The smallest absolute Gasteiger partial charge is 0.335 e. The van der Waals surface area contributed by atoms with E-state index in [-0.39, 0.29) is 17.4 Å². The summed E-state index contributed by atoms with van der Waals surface area (Å²) in [6.07, 6.45) is 2.17. The van der Waals surface area contributed by atoms with E-state index >= 15 is 0 Å². The van der Waals surface area contributed by atoms with Crippen LogP contribution >= 0.6 is 0 Å². The number of benzene rings is 1. The van der Waals surface area contributed by atoms with Crippen molar-refractivity contribution in [2.45, 2.75) is 25.1 Å². The van der Waals surface area contributed by atoms with Crippen LogP contribution < -0.4 is 4.72 Å². The fourth-order valence-electron chi connectivity index (χ4n) is 2.19. The number of nitrogens with zero attached hydrogens (tertiary/aromatic N) is 1. The lowest BCUT2D eigenvalue weighted by Gasteiger charge is -2.14. The Kier molecular flexibility index (Phi) is 5.46. The second-order valence-corrected chi connectivity index (χ2v) is 7.06. The molecule has 1 heterocycles. The Hall–Kier alpha value is -2.25. The number of hydrogen-bond donors (Lipinski definition) is 2. The molecule has 7 heteroatoms. The van der Waals surface area contributed by atoms with Gasteiger partial charge in [0.25, 0.3) is 0 Å². The molecule has 0 aliphatic rings. The Bertz CT molecular complexity index is 758. The highest BCUT2D eigenvalue weighted by atomic mass is 32.2. The van der Waals surface area contributed by atoms with Gasteiger partial charge in [0.2, 0.25) is 10.0 Å². The molecule has 0 spiro atoms. The summed E-state index contributed by atoms with van der Waals surface area (Å²) in [5.74, 6) is -1.24. The third-order valence-electron chi connectivity index (χ3n) is 3.18. The molecule has 2 rings (SSSR count). The molecule has 6 nitrogen and oxygen atoms in total. The number of hydrogen-bond acceptors (Lipinski definition) is 4. The molecule has 0 aliphatic carbocycles. The van der Waals surface area contributed by atoms with Crippen molar-refractivity contribution >= 4 is 16.0 Å². The van der Waals surface area contributed by atoms with Gasteiger partial charge >= 0.3 is 5.97 Å². The van der Waals surface area contributed by atoms with Gasteiger partial charge in [-0.3, -0.25) is 4.98 Å². The van der Waals surface area contributed by atoms with Crippen molar-refractivity contribution in [3.05, 3.63) is 65.5 Å². The van der Waals surface area contributed by atoms with Crippen molar-refractivity contribution in [1.82, 2.24) is 9.71 Å². The molecule has 122 valence electrons. The van der Waals surface area contributed by atoms with Crippen LogP contribution in [0.2, 0.25) is 0 Å². The second kappa shape index (κ2) is 7.34.